The fourth-order valence-electron chi connectivity index (χ4n) is 2.31. The highest BCUT2D eigenvalue weighted by Crippen LogP contribution is 2.19. The minimum Gasteiger partial charge on any atom is -0.424 e. The maximum absolute atomic E-state index is 11.6. The van der Waals surface area contributed by atoms with Crippen molar-refractivity contribution in [3.63, 3.8) is 0 Å². The minimum absolute atomic E-state index is 0.0285. The van der Waals surface area contributed by atoms with Gasteiger partial charge in [-0.1, -0.05) is 13.3 Å². The SMILES string of the molecule is CCc1nnc(CN2CCCCC2C(C)=O)o1. The smallest absolute Gasteiger partial charge is 0.230 e. The fraction of sp³-hybridized carbons (Fsp3) is 0.750. The third-order valence-corrected chi connectivity index (χ3v) is 3.23. The topological polar surface area (TPSA) is 59.2 Å². The summed E-state index contributed by atoms with van der Waals surface area (Å²) in [6.45, 7) is 5.18. The van der Waals surface area contributed by atoms with Crippen LogP contribution in [0, 0.1) is 0 Å². The highest BCUT2D eigenvalue weighted by atomic mass is 16.4. The van der Waals surface area contributed by atoms with Gasteiger partial charge in [-0.2, -0.15) is 0 Å². The van der Waals surface area contributed by atoms with E-state index in [0.29, 0.717) is 18.3 Å². The third-order valence-electron chi connectivity index (χ3n) is 3.23. The second-order valence-corrected chi connectivity index (χ2v) is 4.54. The van der Waals surface area contributed by atoms with Crippen LogP contribution in [0.1, 0.15) is 44.9 Å². The van der Waals surface area contributed by atoms with E-state index in [2.05, 4.69) is 15.1 Å². The minimum atomic E-state index is 0.0285. The molecule has 5 heteroatoms. The van der Waals surface area contributed by atoms with E-state index in [0.717, 1.165) is 32.2 Å². The molecule has 1 saturated heterocycles. The standard InChI is InChI=1S/C12H19N3O2/c1-3-11-13-14-12(17-11)8-15-7-5-4-6-10(15)9(2)16/h10H,3-8H2,1-2H3. The summed E-state index contributed by atoms with van der Waals surface area (Å²) in [4.78, 5) is 13.7. The van der Waals surface area contributed by atoms with Gasteiger partial charge in [-0.3, -0.25) is 9.69 Å². The molecule has 1 aliphatic heterocycles. The molecule has 0 aliphatic carbocycles. The lowest BCUT2D eigenvalue weighted by Gasteiger charge is -2.32. The number of ketones is 1. The molecule has 0 amide bonds. The monoisotopic (exact) mass is 237 g/mol. The second-order valence-electron chi connectivity index (χ2n) is 4.54. The number of nitrogens with zero attached hydrogens (tertiary/aromatic N) is 3. The van der Waals surface area contributed by atoms with E-state index in [9.17, 15) is 4.79 Å². The van der Waals surface area contributed by atoms with Gasteiger partial charge in [-0.25, -0.2) is 0 Å². The molecular weight excluding hydrogens is 218 g/mol. The number of piperidine rings is 1. The fourth-order valence-corrected chi connectivity index (χ4v) is 2.31. The van der Waals surface area contributed by atoms with Crippen molar-refractivity contribution in [1.82, 2.24) is 15.1 Å². The molecule has 0 aromatic carbocycles. The first-order valence-corrected chi connectivity index (χ1v) is 6.26. The number of aromatic nitrogens is 2. The molecule has 1 aromatic heterocycles. The number of hydrogen-bond donors (Lipinski definition) is 0. The van der Waals surface area contributed by atoms with Crippen LogP contribution >= 0.6 is 0 Å². The number of Topliss-reactive ketones (excluding diaryl/α,β-unsaturated/α-hetero) is 1. The van der Waals surface area contributed by atoms with Crippen LogP contribution in [0.25, 0.3) is 0 Å². The number of aryl methyl sites for hydroxylation is 1. The summed E-state index contributed by atoms with van der Waals surface area (Å²) in [6.07, 6.45) is 3.97. The Kier molecular flexibility index (Phi) is 3.89. The number of rotatable bonds is 4. The van der Waals surface area contributed by atoms with E-state index < -0.39 is 0 Å². The highest BCUT2D eigenvalue weighted by Gasteiger charge is 2.27. The molecule has 0 radical (unpaired) electrons. The van der Waals surface area contributed by atoms with Gasteiger partial charge in [0.15, 0.2) is 0 Å². The van der Waals surface area contributed by atoms with Gasteiger partial charge in [0.1, 0.15) is 5.78 Å². The molecule has 0 bridgehead atoms. The molecule has 0 N–H and O–H groups in total. The van der Waals surface area contributed by atoms with Crippen LogP contribution in [0.4, 0.5) is 0 Å². The van der Waals surface area contributed by atoms with Gasteiger partial charge in [-0.15, -0.1) is 10.2 Å². The Balaban J connectivity index is 2.02. The van der Waals surface area contributed by atoms with Crippen LogP contribution in [0.5, 0.6) is 0 Å². The lowest BCUT2D eigenvalue weighted by molar-refractivity contribution is -0.123. The maximum atomic E-state index is 11.6. The van der Waals surface area contributed by atoms with Crippen molar-refractivity contribution in [3.8, 4) is 0 Å². The Bertz CT molecular complexity index is 389. The van der Waals surface area contributed by atoms with E-state index >= 15 is 0 Å². The first-order valence-electron chi connectivity index (χ1n) is 6.26. The zero-order valence-electron chi connectivity index (χ0n) is 10.5. The summed E-state index contributed by atoms with van der Waals surface area (Å²) in [6, 6.07) is 0.0285. The zero-order valence-corrected chi connectivity index (χ0v) is 10.5. The molecule has 2 rings (SSSR count). The zero-order chi connectivity index (χ0) is 12.3. The average molecular weight is 237 g/mol. The van der Waals surface area contributed by atoms with Crippen LogP contribution in [0.15, 0.2) is 4.42 Å². The van der Waals surface area contributed by atoms with Crippen LogP contribution in [0.2, 0.25) is 0 Å². The highest BCUT2D eigenvalue weighted by molar-refractivity contribution is 5.81. The van der Waals surface area contributed by atoms with Crippen LogP contribution < -0.4 is 0 Å². The Morgan fingerprint density at radius 3 is 2.82 bits per heavy atom. The predicted octanol–water partition coefficient (Wildman–Crippen LogP) is 1.58. The maximum Gasteiger partial charge on any atom is 0.230 e. The molecule has 0 spiro atoms. The van der Waals surface area contributed by atoms with Gasteiger partial charge in [0.05, 0.1) is 12.6 Å². The lowest BCUT2D eigenvalue weighted by atomic mass is 9.99. The van der Waals surface area contributed by atoms with Crippen molar-refractivity contribution in [2.75, 3.05) is 6.54 Å². The molecule has 1 aliphatic rings. The first-order chi connectivity index (χ1) is 8.20. The molecule has 94 valence electrons. The van der Waals surface area contributed by atoms with Gasteiger partial charge in [0, 0.05) is 6.42 Å². The first kappa shape index (κ1) is 12.2. The molecule has 1 unspecified atom stereocenters. The van der Waals surface area contributed by atoms with E-state index in [4.69, 9.17) is 4.42 Å². The van der Waals surface area contributed by atoms with Crippen molar-refractivity contribution in [1.29, 1.82) is 0 Å². The van der Waals surface area contributed by atoms with Crippen molar-refractivity contribution >= 4 is 5.78 Å². The Labute approximate surface area is 101 Å². The molecule has 17 heavy (non-hydrogen) atoms. The average Bonchev–Trinajstić information content (AvgIpc) is 2.77. The van der Waals surface area contributed by atoms with Crippen LogP contribution in [-0.4, -0.2) is 33.5 Å². The van der Waals surface area contributed by atoms with Gasteiger partial charge >= 0.3 is 0 Å². The molecular formula is C12H19N3O2. The number of hydrogen-bond acceptors (Lipinski definition) is 5. The summed E-state index contributed by atoms with van der Waals surface area (Å²) < 4.78 is 5.49. The molecule has 0 saturated carbocycles. The Morgan fingerprint density at radius 2 is 2.18 bits per heavy atom. The number of likely N-dealkylation sites (tertiary alicyclic amines) is 1. The van der Waals surface area contributed by atoms with Crippen molar-refractivity contribution in [2.45, 2.75) is 52.1 Å². The Hall–Kier alpha value is -1.23. The van der Waals surface area contributed by atoms with Gasteiger partial charge in [-0.05, 0) is 26.3 Å². The number of carbonyl (C=O) groups excluding carboxylic acids is 1. The van der Waals surface area contributed by atoms with E-state index in [1.807, 2.05) is 6.92 Å². The summed E-state index contributed by atoms with van der Waals surface area (Å²) in [5, 5.41) is 7.95. The van der Waals surface area contributed by atoms with Crippen molar-refractivity contribution in [2.24, 2.45) is 0 Å². The number of carbonyl (C=O) groups is 1. The van der Waals surface area contributed by atoms with Crippen LogP contribution in [0.3, 0.4) is 0 Å². The summed E-state index contributed by atoms with van der Waals surface area (Å²) in [5.74, 6) is 1.52. The van der Waals surface area contributed by atoms with Gasteiger partial charge in [0.25, 0.3) is 0 Å². The third kappa shape index (κ3) is 2.91. The largest absolute Gasteiger partial charge is 0.424 e. The van der Waals surface area contributed by atoms with E-state index in [-0.39, 0.29) is 11.8 Å². The molecule has 1 aromatic rings. The summed E-state index contributed by atoms with van der Waals surface area (Å²) >= 11 is 0. The molecule has 1 atom stereocenters. The van der Waals surface area contributed by atoms with Crippen molar-refractivity contribution in [3.05, 3.63) is 11.8 Å². The summed E-state index contributed by atoms with van der Waals surface area (Å²) in [7, 11) is 0. The second kappa shape index (κ2) is 5.40. The lowest BCUT2D eigenvalue weighted by Crippen LogP contribution is -2.43. The van der Waals surface area contributed by atoms with Gasteiger partial charge < -0.3 is 4.42 Å². The quantitative estimate of drug-likeness (QED) is 0.795. The predicted molar refractivity (Wildman–Crippen MR) is 62.4 cm³/mol. The van der Waals surface area contributed by atoms with Crippen molar-refractivity contribution < 1.29 is 9.21 Å². The summed E-state index contributed by atoms with van der Waals surface area (Å²) in [5.41, 5.74) is 0. The molecule has 1 fully saturated rings. The van der Waals surface area contributed by atoms with E-state index in [1.165, 1.54) is 0 Å². The normalized spacial score (nSPS) is 21.6. The Morgan fingerprint density at radius 1 is 1.41 bits per heavy atom. The van der Waals surface area contributed by atoms with Gasteiger partial charge in [0.2, 0.25) is 11.8 Å². The van der Waals surface area contributed by atoms with E-state index in [1.54, 1.807) is 6.92 Å². The molecule has 2 heterocycles. The van der Waals surface area contributed by atoms with Crippen LogP contribution in [-0.2, 0) is 17.8 Å². The molecule has 5 nitrogen and oxygen atoms in total.